The lowest BCUT2D eigenvalue weighted by atomic mass is 9.93. The van der Waals surface area contributed by atoms with Crippen molar-refractivity contribution in [2.24, 2.45) is 5.73 Å². The highest BCUT2D eigenvalue weighted by Crippen LogP contribution is 2.35. The summed E-state index contributed by atoms with van der Waals surface area (Å²) in [6.45, 7) is 6.93. The van der Waals surface area contributed by atoms with Crippen molar-refractivity contribution in [2.45, 2.75) is 76.3 Å². The van der Waals surface area contributed by atoms with E-state index in [2.05, 4.69) is 23.8 Å². The highest BCUT2D eigenvalue weighted by atomic mass is 15.2. The lowest BCUT2D eigenvalue weighted by Gasteiger charge is -2.42. The molecule has 0 amide bonds. The van der Waals surface area contributed by atoms with E-state index in [1.165, 1.54) is 77.4 Å². The number of likely N-dealkylation sites (tertiary alicyclic amines) is 1. The molecule has 2 rings (SSSR count). The maximum absolute atomic E-state index is 6.18. The molecule has 1 unspecified atom stereocenters. The summed E-state index contributed by atoms with van der Waals surface area (Å²) in [5, 5.41) is 0. The van der Waals surface area contributed by atoms with Gasteiger partial charge in [0, 0.05) is 24.7 Å². The first kappa shape index (κ1) is 16.3. The Balaban J connectivity index is 1.91. The SMILES string of the molecule is CCCN(CCC1CCCCN1C)C1(CN)CCCC1. The summed E-state index contributed by atoms with van der Waals surface area (Å²) < 4.78 is 0. The van der Waals surface area contributed by atoms with E-state index >= 15 is 0 Å². The number of nitrogens with zero attached hydrogens (tertiary/aromatic N) is 2. The molecule has 1 saturated heterocycles. The minimum Gasteiger partial charge on any atom is -0.329 e. The molecule has 1 aliphatic carbocycles. The van der Waals surface area contributed by atoms with Crippen molar-refractivity contribution in [1.29, 1.82) is 0 Å². The second-order valence-electron chi connectivity index (χ2n) is 7.04. The molecule has 2 aliphatic rings. The average molecular weight is 281 g/mol. The van der Waals surface area contributed by atoms with Gasteiger partial charge < -0.3 is 10.6 Å². The van der Waals surface area contributed by atoms with Gasteiger partial charge >= 0.3 is 0 Å². The third kappa shape index (κ3) is 3.75. The zero-order valence-electron chi connectivity index (χ0n) is 13.7. The lowest BCUT2D eigenvalue weighted by molar-refractivity contribution is 0.0778. The van der Waals surface area contributed by atoms with Crippen LogP contribution in [0.1, 0.15) is 64.7 Å². The molecule has 1 heterocycles. The number of rotatable bonds is 7. The zero-order valence-corrected chi connectivity index (χ0v) is 13.7. The van der Waals surface area contributed by atoms with Gasteiger partial charge in [0.2, 0.25) is 0 Å². The van der Waals surface area contributed by atoms with Crippen molar-refractivity contribution < 1.29 is 0 Å². The van der Waals surface area contributed by atoms with Crippen LogP contribution in [0.2, 0.25) is 0 Å². The van der Waals surface area contributed by atoms with E-state index in [4.69, 9.17) is 5.73 Å². The topological polar surface area (TPSA) is 32.5 Å². The van der Waals surface area contributed by atoms with Crippen molar-refractivity contribution in [1.82, 2.24) is 9.80 Å². The molecule has 0 spiro atoms. The minimum absolute atomic E-state index is 0.337. The largest absolute Gasteiger partial charge is 0.329 e. The molecule has 0 aromatic rings. The van der Waals surface area contributed by atoms with Crippen molar-refractivity contribution in [3.63, 3.8) is 0 Å². The normalized spacial score (nSPS) is 27.3. The van der Waals surface area contributed by atoms with Gasteiger partial charge in [-0.05, 0) is 58.7 Å². The van der Waals surface area contributed by atoms with E-state index in [0.29, 0.717) is 5.54 Å². The molecular formula is C17H35N3. The van der Waals surface area contributed by atoms with E-state index < -0.39 is 0 Å². The Morgan fingerprint density at radius 2 is 1.90 bits per heavy atom. The quantitative estimate of drug-likeness (QED) is 0.779. The van der Waals surface area contributed by atoms with E-state index in [9.17, 15) is 0 Å². The van der Waals surface area contributed by atoms with Crippen molar-refractivity contribution in [3.8, 4) is 0 Å². The van der Waals surface area contributed by atoms with E-state index in [1.54, 1.807) is 0 Å². The zero-order chi connectivity index (χ0) is 14.4. The Hall–Kier alpha value is -0.120. The van der Waals surface area contributed by atoms with Crippen LogP contribution in [0.25, 0.3) is 0 Å². The molecule has 2 N–H and O–H groups in total. The van der Waals surface area contributed by atoms with Crippen molar-refractivity contribution in [2.75, 3.05) is 33.2 Å². The number of hydrogen-bond donors (Lipinski definition) is 1. The van der Waals surface area contributed by atoms with Gasteiger partial charge in [0.1, 0.15) is 0 Å². The fourth-order valence-electron chi connectivity index (χ4n) is 4.35. The maximum atomic E-state index is 6.18. The molecule has 0 bridgehead atoms. The molecular weight excluding hydrogens is 246 g/mol. The first-order valence-electron chi connectivity index (χ1n) is 8.87. The van der Waals surface area contributed by atoms with Gasteiger partial charge in [-0.2, -0.15) is 0 Å². The Labute approximate surface area is 125 Å². The molecule has 0 radical (unpaired) electrons. The van der Waals surface area contributed by atoms with Gasteiger partial charge in [-0.15, -0.1) is 0 Å². The van der Waals surface area contributed by atoms with Gasteiger partial charge in [-0.3, -0.25) is 4.90 Å². The molecule has 1 atom stereocenters. The maximum Gasteiger partial charge on any atom is 0.0331 e. The van der Waals surface area contributed by atoms with Crippen molar-refractivity contribution >= 4 is 0 Å². The molecule has 118 valence electrons. The van der Waals surface area contributed by atoms with Crippen LogP contribution in [-0.4, -0.2) is 54.6 Å². The molecule has 0 aromatic carbocycles. The first-order valence-corrected chi connectivity index (χ1v) is 8.87. The molecule has 1 saturated carbocycles. The summed E-state index contributed by atoms with van der Waals surface area (Å²) in [7, 11) is 2.31. The standard InChI is InChI=1S/C17H35N3/c1-3-12-20(17(15-18)10-5-6-11-17)14-9-16-8-4-7-13-19(16)2/h16H,3-15,18H2,1-2H3. The average Bonchev–Trinajstić information content (AvgIpc) is 2.95. The van der Waals surface area contributed by atoms with Crippen LogP contribution in [-0.2, 0) is 0 Å². The van der Waals surface area contributed by atoms with Gasteiger partial charge in [0.15, 0.2) is 0 Å². The van der Waals surface area contributed by atoms with Crippen LogP contribution in [0, 0.1) is 0 Å². The fraction of sp³-hybridized carbons (Fsp3) is 1.00. The second kappa shape index (κ2) is 7.77. The van der Waals surface area contributed by atoms with Gasteiger partial charge in [0.25, 0.3) is 0 Å². The van der Waals surface area contributed by atoms with Gasteiger partial charge in [-0.25, -0.2) is 0 Å². The van der Waals surface area contributed by atoms with Crippen LogP contribution >= 0.6 is 0 Å². The van der Waals surface area contributed by atoms with Gasteiger partial charge in [-0.1, -0.05) is 26.2 Å². The lowest BCUT2D eigenvalue weighted by Crippen LogP contribution is -2.53. The number of nitrogens with two attached hydrogens (primary N) is 1. The summed E-state index contributed by atoms with van der Waals surface area (Å²) in [4.78, 5) is 5.33. The summed E-state index contributed by atoms with van der Waals surface area (Å²) in [5.41, 5.74) is 6.52. The fourth-order valence-corrected chi connectivity index (χ4v) is 4.35. The Morgan fingerprint density at radius 3 is 2.50 bits per heavy atom. The molecule has 0 aromatic heterocycles. The Morgan fingerprint density at radius 1 is 1.15 bits per heavy atom. The van der Waals surface area contributed by atoms with Crippen LogP contribution in [0.4, 0.5) is 0 Å². The minimum atomic E-state index is 0.337. The highest BCUT2D eigenvalue weighted by Gasteiger charge is 2.38. The summed E-state index contributed by atoms with van der Waals surface area (Å²) in [6, 6.07) is 0.805. The summed E-state index contributed by atoms with van der Waals surface area (Å²) >= 11 is 0. The molecule has 3 heteroatoms. The Bertz CT molecular complexity index is 273. The predicted octanol–water partition coefficient (Wildman–Crippen LogP) is 2.84. The monoisotopic (exact) mass is 281 g/mol. The van der Waals surface area contributed by atoms with E-state index in [0.717, 1.165) is 12.6 Å². The summed E-state index contributed by atoms with van der Waals surface area (Å²) in [5.74, 6) is 0. The summed E-state index contributed by atoms with van der Waals surface area (Å²) in [6.07, 6.45) is 12.2. The third-order valence-electron chi connectivity index (χ3n) is 5.73. The molecule has 20 heavy (non-hydrogen) atoms. The molecule has 1 aliphatic heterocycles. The second-order valence-corrected chi connectivity index (χ2v) is 7.04. The third-order valence-corrected chi connectivity index (χ3v) is 5.73. The van der Waals surface area contributed by atoms with E-state index in [-0.39, 0.29) is 0 Å². The van der Waals surface area contributed by atoms with Crippen LogP contribution in [0.5, 0.6) is 0 Å². The van der Waals surface area contributed by atoms with E-state index in [1.807, 2.05) is 0 Å². The van der Waals surface area contributed by atoms with Gasteiger partial charge in [0.05, 0.1) is 0 Å². The van der Waals surface area contributed by atoms with Crippen LogP contribution in [0.3, 0.4) is 0 Å². The predicted molar refractivity (Wildman–Crippen MR) is 87.0 cm³/mol. The number of hydrogen-bond acceptors (Lipinski definition) is 3. The smallest absolute Gasteiger partial charge is 0.0331 e. The number of piperidine rings is 1. The van der Waals surface area contributed by atoms with Crippen molar-refractivity contribution in [3.05, 3.63) is 0 Å². The molecule has 3 nitrogen and oxygen atoms in total. The molecule has 2 fully saturated rings. The first-order chi connectivity index (χ1) is 9.72. The van der Waals surface area contributed by atoms with Crippen LogP contribution < -0.4 is 5.73 Å². The van der Waals surface area contributed by atoms with Crippen LogP contribution in [0.15, 0.2) is 0 Å². The Kier molecular flexibility index (Phi) is 6.31. The highest BCUT2D eigenvalue weighted by molar-refractivity contribution is 4.96.